The van der Waals surface area contributed by atoms with Crippen LogP contribution in [-0.2, 0) is 14.1 Å². The number of aromatic nitrogens is 2. The van der Waals surface area contributed by atoms with E-state index < -0.39 is 0 Å². The van der Waals surface area contributed by atoms with Crippen molar-refractivity contribution in [1.82, 2.24) is 9.13 Å². The van der Waals surface area contributed by atoms with Gasteiger partial charge in [0.25, 0.3) is 0 Å². The maximum atomic E-state index is 12.1. The molecule has 0 aromatic carbocycles. The number of rotatable bonds is 3. The molecule has 0 aliphatic carbocycles. The minimum absolute atomic E-state index is 0.129. The lowest BCUT2D eigenvalue weighted by Crippen LogP contribution is -2.09. The predicted octanol–water partition coefficient (Wildman–Crippen LogP) is 1.41. The van der Waals surface area contributed by atoms with Crippen molar-refractivity contribution in [3.05, 3.63) is 47.5 Å². The fourth-order valence-corrected chi connectivity index (χ4v) is 1.72. The fourth-order valence-electron chi connectivity index (χ4n) is 1.72. The van der Waals surface area contributed by atoms with E-state index >= 15 is 0 Å². The lowest BCUT2D eigenvalue weighted by Gasteiger charge is -2.02. The summed E-state index contributed by atoms with van der Waals surface area (Å²) in [6.07, 6.45) is 4.22. The molecule has 0 unspecified atom stereocenters. The standard InChI is InChI=1S/C12H12N2O2/c1-13-6-3-4-10(13)12(16)9-5-7-14(2)11(9)8-15/h3-8H,1-2H3. The monoisotopic (exact) mass is 216 g/mol. The molecule has 0 saturated heterocycles. The third-order valence-electron chi connectivity index (χ3n) is 2.65. The zero-order valence-corrected chi connectivity index (χ0v) is 9.18. The minimum Gasteiger partial charge on any atom is -0.348 e. The molecule has 82 valence electrons. The van der Waals surface area contributed by atoms with Gasteiger partial charge in [-0.3, -0.25) is 9.59 Å². The molecule has 0 spiro atoms. The van der Waals surface area contributed by atoms with Gasteiger partial charge < -0.3 is 9.13 Å². The van der Waals surface area contributed by atoms with Crippen molar-refractivity contribution in [1.29, 1.82) is 0 Å². The van der Waals surface area contributed by atoms with Gasteiger partial charge in [0.2, 0.25) is 5.78 Å². The Morgan fingerprint density at radius 2 is 1.94 bits per heavy atom. The number of carbonyl (C=O) groups excluding carboxylic acids is 2. The number of nitrogens with zero attached hydrogens (tertiary/aromatic N) is 2. The normalized spacial score (nSPS) is 10.4. The number of hydrogen-bond acceptors (Lipinski definition) is 2. The molecule has 0 aliphatic heterocycles. The summed E-state index contributed by atoms with van der Waals surface area (Å²) >= 11 is 0. The van der Waals surface area contributed by atoms with Gasteiger partial charge in [-0.1, -0.05) is 0 Å². The van der Waals surface area contributed by atoms with E-state index in [2.05, 4.69) is 0 Å². The van der Waals surface area contributed by atoms with Crippen LogP contribution in [-0.4, -0.2) is 21.2 Å². The maximum absolute atomic E-state index is 12.1. The number of carbonyl (C=O) groups is 2. The number of hydrogen-bond donors (Lipinski definition) is 0. The molecule has 2 rings (SSSR count). The SMILES string of the molecule is Cn1cccc1C(=O)c1ccn(C)c1C=O. The lowest BCUT2D eigenvalue weighted by molar-refractivity contribution is 0.102. The molecule has 0 N–H and O–H groups in total. The molecular formula is C12H12N2O2. The Bertz CT molecular complexity index is 549. The largest absolute Gasteiger partial charge is 0.348 e. The fraction of sp³-hybridized carbons (Fsp3) is 0.167. The summed E-state index contributed by atoms with van der Waals surface area (Å²) in [5, 5.41) is 0. The van der Waals surface area contributed by atoms with Crippen LogP contribution in [0, 0.1) is 0 Å². The number of ketones is 1. The van der Waals surface area contributed by atoms with E-state index in [-0.39, 0.29) is 5.78 Å². The molecule has 0 saturated carbocycles. The summed E-state index contributed by atoms with van der Waals surface area (Å²) in [5.41, 5.74) is 1.43. The number of aryl methyl sites for hydroxylation is 2. The van der Waals surface area contributed by atoms with Crippen LogP contribution >= 0.6 is 0 Å². The van der Waals surface area contributed by atoms with E-state index in [0.29, 0.717) is 23.2 Å². The second kappa shape index (κ2) is 3.81. The summed E-state index contributed by atoms with van der Waals surface area (Å²) in [4.78, 5) is 23.0. The van der Waals surface area contributed by atoms with Crippen LogP contribution in [0.3, 0.4) is 0 Å². The molecule has 0 aliphatic rings. The molecule has 0 amide bonds. The highest BCUT2D eigenvalue weighted by Crippen LogP contribution is 2.14. The van der Waals surface area contributed by atoms with Crippen molar-refractivity contribution >= 4 is 12.1 Å². The highest BCUT2D eigenvalue weighted by atomic mass is 16.1. The van der Waals surface area contributed by atoms with Crippen LogP contribution in [0.1, 0.15) is 26.5 Å². The highest BCUT2D eigenvalue weighted by Gasteiger charge is 2.17. The van der Waals surface area contributed by atoms with E-state index in [1.54, 1.807) is 53.8 Å². The molecule has 0 atom stereocenters. The molecule has 16 heavy (non-hydrogen) atoms. The average molecular weight is 216 g/mol. The van der Waals surface area contributed by atoms with Gasteiger partial charge in [-0.05, 0) is 18.2 Å². The Hall–Kier alpha value is -2.10. The van der Waals surface area contributed by atoms with Crippen LogP contribution in [0.2, 0.25) is 0 Å². The number of aldehydes is 1. The summed E-state index contributed by atoms with van der Waals surface area (Å²) < 4.78 is 3.38. The lowest BCUT2D eigenvalue weighted by atomic mass is 10.1. The smallest absolute Gasteiger partial charge is 0.211 e. The van der Waals surface area contributed by atoms with E-state index in [1.807, 2.05) is 0 Å². The van der Waals surface area contributed by atoms with Crippen LogP contribution in [0.5, 0.6) is 0 Å². The molecule has 2 heterocycles. The molecule has 2 aromatic rings. The Kier molecular flexibility index (Phi) is 2.48. The average Bonchev–Trinajstić information content (AvgIpc) is 2.83. The maximum Gasteiger partial charge on any atom is 0.211 e. The van der Waals surface area contributed by atoms with Gasteiger partial charge in [-0.2, -0.15) is 0 Å². The van der Waals surface area contributed by atoms with Crippen molar-refractivity contribution in [2.45, 2.75) is 0 Å². The zero-order valence-electron chi connectivity index (χ0n) is 9.18. The van der Waals surface area contributed by atoms with Crippen molar-refractivity contribution in [3.8, 4) is 0 Å². The Morgan fingerprint density at radius 1 is 1.19 bits per heavy atom. The van der Waals surface area contributed by atoms with Gasteiger partial charge in [-0.25, -0.2) is 0 Å². The molecule has 0 fully saturated rings. The second-order valence-electron chi connectivity index (χ2n) is 3.68. The molecule has 0 radical (unpaired) electrons. The van der Waals surface area contributed by atoms with Crippen LogP contribution in [0.4, 0.5) is 0 Å². The first kappa shape index (κ1) is 10.4. The molecule has 0 bridgehead atoms. The van der Waals surface area contributed by atoms with Crippen molar-refractivity contribution in [3.63, 3.8) is 0 Å². The molecule has 4 nitrogen and oxygen atoms in total. The van der Waals surface area contributed by atoms with Crippen LogP contribution < -0.4 is 0 Å². The third kappa shape index (κ3) is 1.48. The topological polar surface area (TPSA) is 44.0 Å². The van der Waals surface area contributed by atoms with Crippen LogP contribution in [0.25, 0.3) is 0 Å². The van der Waals surface area contributed by atoms with Crippen molar-refractivity contribution in [2.75, 3.05) is 0 Å². The van der Waals surface area contributed by atoms with Gasteiger partial charge in [0.15, 0.2) is 6.29 Å². The molecule has 2 aromatic heterocycles. The van der Waals surface area contributed by atoms with Crippen LogP contribution in [0.15, 0.2) is 30.6 Å². The highest BCUT2D eigenvalue weighted by molar-refractivity contribution is 6.11. The Balaban J connectivity index is 2.50. The van der Waals surface area contributed by atoms with E-state index in [9.17, 15) is 9.59 Å². The predicted molar refractivity (Wildman–Crippen MR) is 59.6 cm³/mol. The van der Waals surface area contributed by atoms with Gasteiger partial charge in [-0.15, -0.1) is 0 Å². The van der Waals surface area contributed by atoms with E-state index in [4.69, 9.17) is 0 Å². The second-order valence-corrected chi connectivity index (χ2v) is 3.68. The third-order valence-corrected chi connectivity index (χ3v) is 2.65. The summed E-state index contributed by atoms with van der Waals surface area (Å²) in [5.74, 6) is -0.129. The van der Waals surface area contributed by atoms with Gasteiger partial charge in [0, 0.05) is 26.5 Å². The molecular weight excluding hydrogens is 204 g/mol. The first-order valence-corrected chi connectivity index (χ1v) is 4.91. The van der Waals surface area contributed by atoms with Crippen molar-refractivity contribution in [2.24, 2.45) is 14.1 Å². The van der Waals surface area contributed by atoms with Gasteiger partial charge in [0.1, 0.15) is 0 Å². The molecule has 4 heteroatoms. The van der Waals surface area contributed by atoms with Crippen molar-refractivity contribution < 1.29 is 9.59 Å². The van der Waals surface area contributed by atoms with Gasteiger partial charge >= 0.3 is 0 Å². The summed E-state index contributed by atoms with van der Waals surface area (Å²) in [6, 6.07) is 5.21. The Labute approximate surface area is 93.1 Å². The Morgan fingerprint density at radius 3 is 2.50 bits per heavy atom. The quantitative estimate of drug-likeness (QED) is 0.575. The first-order valence-electron chi connectivity index (χ1n) is 4.91. The minimum atomic E-state index is -0.129. The summed E-state index contributed by atoms with van der Waals surface area (Å²) in [6.45, 7) is 0. The summed E-state index contributed by atoms with van der Waals surface area (Å²) in [7, 11) is 3.54. The zero-order chi connectivity index (χ0) is 11.7. The van der Waals surface area contributed by atoms with E-state index in [1.165, 1.54) is 0 Å². The van der Waals surface area contributed by atoms with Gasteiger partial charge in [0.05, 0.1) is 17.0 Å². The first-order chi connectivity index (χ1) is 7.65. The van der Waals surface area contributed by atoms with E-state index in [0.717, 1.165) is 0 Å².